The maximum atomic E-state index is 12.1. The number of nitrogens with two attached hydrogens (primary N) is 1. The molecule has 2 aromatic carbocycles. The molecule has 0 saturated carbocycles. The monoisotopic (exact) mass is 384 g/mol. The number of hydrogen-bond acceptors (Lipinski definition) is 4. The van der Waals surface area contributed by atoms with Crippen LogP contribution in [-0.2, 0) is 0 Å². The van der Waals surface area contributed by atoms with Crippen LogP contribution < -0.4 is 15.8 Å². The summed E-state index contributed by atoms with van der Waals surface area (Å²) in [5, 5.41) is 12.3. The van der Waals surface area contributed by atoms with E-state index in [1.54, 1.807) is 30.3 Å². The molecule has 0 radical (unpaired) electrons. The SMILES string of the molecule is COc1ccc(N)cc1NC(=O)c1ccc(I)c(O)c1. The van der Waals surface area contributed by atoms with Gasteiger partial charge in [0.25, 0.3) is 5.91 Å². The number of anilines is 2. The lowest BCUT2D eigenvalue weighted by Gasteiger charge is -2.11. The average Bonchev–Trinajstić information content (AvgIpc) is 2.42. The summed E-state index contributed by atoms with van der Waals surface area (Å²) in [5.74, 6) is 0.237. The zero-order chi connectivity index (χ0) is 14.7. The molecular formula is C14H13IN2O3. The van der Waals surface area contributed by atoms with Crippen molar-refractivity contribution in [2.45, 2.75) is 0 Å². The number of phenols is 1. The molecule has 2 aromatic rings. The Balaban J connectivity index is 2.27. The number of rotatable bonds is 3. The molecule has 5 nitrogen and oxygen atoms in total. The minimum atomic E-state index is -0.347. The summed E-state index contributed by atoms with van der Waals surface area (Å²) in [6.07, 6.45) is 0. The van der Waals surface area contributed by atoms with E-state index in [0.29, 0.717) is 26.3 Å². The van der Waals surface area contributed by atoms with Crippen LogP contribution in [0.25, 0.3) is 0 Å². The van der Waals surface area contributed by atoms with Gasteiger partial charge in [0.05, 0.1) is 16.4 Å². The first-order valence-corrected chi connectivity index (χ1v) is 6.82. The fraction of sp³-hybridized carbons (Fsp3) is 0.0714. The van der Waals surface area contributed by atoms with Crippen LogP contribution in [0, 0.1) is 3.57 Å². The zero-order valence-electron chi connectivity index (χ0n) is 10.7. The molecule has 1 amide bonds. The van der Waals surface area contributed by atoms with Gasteiger partial charge in [-0.05, 0) is 59.0 Å². The van der Waals surface area contributed by atoms with Crippen molar-refractivity contribution in [2.75, 3.05) is 18.2 Å². The highest BCUT2D eigenvalue weighted by Crippen LogP contribution is 2.27. The Kier molecular flexibility index (Phi) is 4.33. The van der Waals surface area contributed by atoms with E-state index in [9.17, 15) is 9.90 Å². The summed E-state index contributed by atoms with van der Waals surface area (Å²) in [7, 11) is 1.51. The Labute approximate surface area is 129 Å². The van der Waals surface area contributed by atoms with Gasteiger partial charge >= 0.3 is 0 Å². The van der Waals surface area contributed by atoms with Gasteiger partial charge in [-0.2, -0.15) is 0 Å². The molecule has 0 saturated heterocycles. The zero-order valence-corrected chi connectivity index (χ0v) is 12.8. The molecule has 0 heterocycles. The maximum absolute atomic E-state index is 12.1. The fourth-order valence-electron chi connectivity index (χ4n) is 1.67. The van der Waals surface area contributed by atoms with Crippen molar-refractivity contribution in [1.82, 2.24) is 0 Å². The number of ether oxygens (including phenoxy) is 1. The highest BCUT2D eigenvalue weighted by atomic mass is 127. The van der Waals surface area contributed by atoms with Crippen molar-refractivity contribution in [3.8, 4) is 11.5 Å². The molecule has 0 fully saturated rings. The summed E-state index contributed by atoms with van der Waals surface area (Å²) in [6, 6.07) is 9.69. The maximum Gasteiger partial charge on any atom is 0.255 e. The van der Waals surface area contributed by atoms with Crippen LogP contribution in [0.15, 0.2) is 36.4 Å². The second-order valence-electron chi connectivity index (χ2n) is 4.08. The Morgan fingerprint density at radius 3 is 2.70 bits per heavy atom. The van der Waals surface area contributed by atoms with Gasteiger partial charge in [0.2, 0.25) is 0 Å². The lowest BCUT2D eigenvalue weighted by Crippen LogP contribution is -2.13. The molecule has 0 unspecified atom stereocenters. The standard InChI is InChI=1S/C14H13IN2O3/c1-20-13-5-3-9(16)7-11(13)17-14(19)8-2-4-10(15)12(18)6-8/h2-7,18H,16H2,1H3,(H,17,19). The normalized spacial score (nSPS) is 10.1. The van der Waals surface area contributed by atoms with Crippen molar-refractivity contribution in [3.63, 3.8) is 0 Å². The Morgan fingerprint density at radius 2 is 2.05 bits per heavy atom. The molecule has 0 atom stereocenters. The number of phenolic OH excluding ortho intramolecular Hbond substituents is 1. The van der Waals surface area contributed by atoms with Gasteiger partial charge in [0, 0.05) is 11.3 Å². The molecule has 0 aromatic heterocycles. The molecule has 20 heavy (non-hydrogen) atoms. The second-order valence-corrected chi connectivity index (χ2v) is 5.24. The third-order valence-electron chi connectivity index (χ3n) is 2.68. The number of halogens is 1. The van der Waals surface area contributed by atoms with E-state index in [1.165, 1.54) is 13.2 Å². The molecule has 0 bridgehead atoms. The van der Waals surface area contributed by atoms with E-state index in [-0.39, 0.29) is 11.7 Å². The molecule has 6 heteroatoms. The van der Waals surface area contributed by atoms with Crippen LogP contribution in [0.2, 0.25) is 0 Å². The molecule has 0 spiro atoms. The lowest BCUT2D eigenvalue weighted by molar-refractivity contribution is 0.102. The highest BCUT2D eigenvalue weighted by molar-refractivity contribution is 14.1. The van der Waals surface area contributed by atoms with Crippen LogP contribution >= 0.6 is 22.6 Å². The number of methoxy groups -OCH3 is 1. The molecule has 104 valence electrons. The first-order valence-electron chi connectivity index (χ1n) is 5.74. The third kappa shape index (κ3) is 3.13. The van der Waals surface area contributed by atoms with Gasteiger partial charge in [0.1, 0.15) is 11.5 Å². The molecule has 0 aliphatic carbocycles. The van der Waals surface area contributed by atoms with Gasteiger partial charge in [-0.1, -0.05) is 0 Å². The summed E-state index contributed by atoms with van der Waals surface area (Å²) in [6.45, 7) is 0. The minimum Gasteiger partial charge on any atom is -0.507 e. The Hall–Kier alpha value is -1.96. The quantitative estimate of drug-likeness (QED) is 0.561. The number of hydrogen-bond donors (Lipinski definition) is 3. The molecule has 0 aliphatic rings. The predicted octanol–water partition coefficient (Wildman–Crippen LogP) is 2.84. The first-order chi connectivity index (χ1) is 9.51. The van der Waals surface area contributed by atoms with Crippen LogP contribution in [0.4, 0.5) is 11.4 Å². The summed E-state index contributed by atoms with van der Waals surface area (Å²) in [5.41, 5.74) is 7.05. The summed E-state index contributed by atoms with van der Waals surface area (Å²) in [4.78, 5) is 12.1. The number of benzene rings is 2. The number of aromatic hydroxyl groups is 1. The van der Waals surface area contributed by atoms with E-state index < -0.39 is 0 Å². The first kappa shape index (κ1) is 14.4. The highest BCUT2D eigenvalue weighted by Gasteiger charge is 2.11. The van der Waals surface area contributed by atoms with Crippen LogP contribution in [0.1, 0.15) is 10.4 Å². The largest absolute Gasteiger partial charge is 0.507 e. The Bertz CT molecular complexity index is 659. The van der Waals surface area contributed by atoms with Crippen molar-refractivity contribution >= 4 is 39.9 Å². The number of amides is 1. The topological polar surface area (TPSA) is 84.6 Å². The van der Waals surface area contributed by atoms with Crippen LogP contribution in [0.5, 0.6) is 11.5 Å². The van der Waals surface area contributed by atoms with E-state index in [0.717, 1.165) is 0 Å². The number of nitrogens with one attached hydrogen (secondary N) is 1. The number of carbonyl (C=O) groups is 1. The Morgan fingerprint density at radius 1 is 1.30 bits per heavy atom. The van der Waals surface area contributed by atoms with Crippen LogP contribution in [0.3, 0.4) is 0 Å². The van der Waals surface area contributed by atoms with Crippen LogP contribution in [-0.4, -0.2) is 18.1 Å². The number of nitrogen functional groups attached to an aromatic ring is 1. The van der Waals surface area contributed by atoms with Gasteiger partial charge in [-0.15, -0.1) is 0 Å². The molecular weight excluding hydrogens is 371 g/mol. The van der Waals surface area contributed by atoms with Gasteiger partial charge < -0.3 is 20.9 Å². The van der Waals surface area contributed by atoms with Crippen molar-refractivity contribution in [3.05, 3.63) is 45.5 Å². The molecule has 0 aliphatic heterocycles. The van der Waals surface area contributed by atoms with Gasteiger partial charge in [0.15, 0.2) is 0 Å². The predicted molar refractivity (Wildman–Crippen MR) is 86.2 cm³/mol. The molecule has 4 N–H and O–H groups in total. The molecule has 2 rings (SSSR count). The lowest BCUT2D eigenvalue weighted by atomic mass is 10.2. The summed E-state index contributed by atoms with van der Waals surface area (Å²) < 4.78 is 5.84. The van der Waals surface area contributed by atoms with E-state index in [4.69, 9.17) is 10.5 Å². The minimum absolute atomic E-state index is 0.0674. The second kappa shape index (κ2) is 6.00. The summed E-state index contributed by atoms with van der Waals surface area (Å²) >= 11 is 1.99. The average molecular weight is 384 g/mol. The van der Waals surface area contributed by atoms with Gasteiger partial charge in [-0.25, -0.2) is 0 Å². The van der Waals surface area contributed by atoms with E-state index in [2.05, 4.69) is 5.32 Å². The smallest absolute Gasteiger partial charge is 0.255 e. The van der Waals surface area contributed by atoms with Crippen molar-refractivity contribution < 1.29 is 14.6 Å². The van der Waals surface area contributed by atoms with Crippen molar-refractivity contribution in [2.24, 2.45) is 0 Å². The third-order valence-corrected chi connectivity index (χ3v) is 3.59. The van der Waals surface area contributed by atoms with E-state index >= 15 is 0 Å². The fourth-order valence-corrected chi connectivity index (χ4v) is 2.01. The van der Waals surface area contributed by atoms with Crippen molar-refractivity contribution in [1.29, 1.82) is 0 Å². The van der Waals surface area contributed by atoms with E-state index in [1.807, 2.05) is 22.6 Å². The number of carbonyl (C=O) groups excluding carboxylic acids is 1. The van der Waals surface area contributed by atoms with Gasteiger partial charge in [-0.3, -0.25) is 4.79 Å².